The number of rotatable bonds is 4. The Bertz CT molecular complexity index is 575. The molecule has 0 aliphatic heterocycles. The van der Waals surface area contributed by atoms with Gasteiger partial charge in [0.15, 0.2) is 0 Å². The predicted octanol–water partition coefficient (Wildman–Crippen LogP) is 2.64. The van der Waals surface area contributed by atoms with Crippen molar-refractivity contribution in [3.05, 3.63) is 42.2 Å². The molecule has 5 nitrogen and oxygen atoms in total. The quantitative estimate of drug-likeness (QED) is 0.651. The molecule has 0 bridgehead atoms. The van der Waals surface area contributed by atoms with Crippen LogP contribution in [0.2, 0.25) is 0 Å². The maximum absolute atomic E-state index is 10.8. The van der Waals surface area contributed by atoms with Crippen LogP contribution in [0, 0.1) is 0 Å². The molecule has 0 amide bonds. The number of anilines is 2. The first-order chi connectivity index (χ1) is 8.69. The van der Waals surface area contributed by atoms with E-state index in [1.165, 1.54) is 18.1 Å². The Hall–Kier alpha value is -2.08. The summed E-state index contributed by atoms with van der Waals surface area (Å²) in [7, 11) is 0. The number of thioether (sulfide) groups is 1. The number of carboxylic acid groups (broad SMARTS) is 1. The smallest absolute Gasteiger partial charge is 0.335 e. The average Bonchev–Trinajstić information content (AvgIpc) is 2.39. The molecule has 0 unspecified atom stereocenters. The predicted molar refractivity (Wildman–Crippen MR) is 70.5 cm³/mol. The highest BCUT2D eigenvalue weighted by Crippen LogP contribution is 2.19. The molecule has 2 aromatic rings. The molecule has 2 rings (SSSR count). The van der Waals surface area contributed by atoms with Gasteiger partial charge in [-0.3, -0.25) is 0 Å². The third kappa shape index (κ3) is 2.98. The van der Waals surface area contributed by atoms with E-state index < -0.39 is 5.97 Å². The molecule has 0 fully saturated rings. The van der Waals surface area contributed by atoms with E-state index in [-0.39, 0.29) is 5.56 Å². The Morgan fingerprint density at radius 2 is 2.17 bits per heavy atom. The summed E-state index contributed by atoms with van der Waals surface area (Å²) in [4.78, 5) is 19.0. The van der Waals surface area contributed by atoms with Crippen molar-refractivity contribution in [2.75, 3.05) is 11.6 Å². The van der Waals surface area contributed by atoms with Crippen LogP contribution < -0.4 is 5.32 Å². The monoisotopic (exact) mass is 261 g/mol. The van der Waals surface area contributed by atoms with Crippen LogP contribution in [0.5, 0.6) is 0 Å². The lowest BCUT2D eigenvalue weighted by Gasteiger charge is -2.06. The molecule has 0 aliphatic rings. The SMILES string of the molecule is CSc1cc(Nc2cccc(C(=O)O)c2)ncn1. The van der Waals surface area contributed by atoms with Gasteiger partial charge in [-0.05, 0) is 24.5 Å². The molecular formula is C12H11N3O2S. The Labute approximate surface area is 108 Å². The minimum atomic E-state index is -0.953. The highest BCUT2D eigenvalue weighted by molar-refractivity contribution is 7.98. The summed E-state index contributed by atoms with van der Waals surface area (Å²) in [6, 6.07) is 8.37. The van der Waals surface area contributed by atoms with Gasteiger partial charge in [-0.25, -0.2) is 14.8 Å². The van der Waals surface area contributed by atoms with Crippen molar-refractivity contribution in [3.63, 3.8) is 0 Å². The fraction of sp³-hybridized carbons (Fsp3) is 0.0833. The molecule has 0 saturated heterocycles. The number of carbonyl (C=O) groups is 1. The second-order valence-corrected chi connectivity index (χ2v) is 4.28. The molecule has 18 heavy (non-hydrogen) atoms. The van der Waals surface area contributed by atoms with Crippen molar-refractivity contribution in [1.29, 1.82) is 0 Å². The van der Waals surface area contributed by atoms with Crippen molar-refractivity contribution in [1.82, 2.24) is 9.97 Å². The molecule has 6 heteroatoms. The van der Waals surface area contributed by atoms with Crippen LogP contribution in [0.3, 0.4) is 0 Å². The van der Waals surface area contributed by atoms with E-state index in [2.05, 4.69) is 15.3 Å². The van der Waals surface area contributed by atoms with Gasteiger partial charge in [-0.1, -0.05) is 6.07 Å². The third-order valence-electron chi connectivity index (χ3n) is 2.23. The zero-order valence-corrected chi connectivity index (χ0v) is 10.4. The summed E-state index contributed by atoms with van der Waals surface area (Å²) in [6.07, 6.45) is 3.40. The summed E-state index contributed by atoms with van der Waals surface area (Å²) in [5, 5.41) is 12.8. The molecule has 1 heterocycles. The zero-order chi connectivity index (χ0) is 13.0. The van der Waals surface area contributed by atoms with E-state index in [0.29, 0.717) is 11.5 Å². The van der Waals surface area contributed by atoms with Crippen LogP contribution in [0.4, 0.5) is 11.5 Å². The lowest BCUT2D eigenvalue weighted by molar-refractivity contribution is 0.0697. The Balaban J connectivity index is 2.22. The maximum atomic E-state index is 10.8. The Kier molecular flexibility index (Phi) is 3.78. The van der Waals surface area contributed by atoms with Gasteiger partial charge in [-0.15, -0.1) is 11.8 Å². The van der Waals surface area contributed by atoms with Crippen molar-refractivity contribution in [2.24, 2.45) is 0 Å². The van der Waals surface area contributed by atoms with Crippen LogP contribution in [0.1, 0.15) is 10.4 Å². The number of aromatic carboxylic acids is 1. The minimum absolute atomic E-state index is 0.235. The summed E-state index contributed by atoms with van der Waals surface area (Å²) >= 11 is 1.52. The first-order valence-electron chi connectivity index (χ1n) is 5.15. The van der Waals surface area contributed by atoms with Gasteiger partial charge >= 0.3 is 5.97 Å². The molecule has 2 N–H and O–H groups in total. The van der Waals surface area contributed by atoms with Gasteiger partial charge in [0.2, 0.25) is 0 Å². The Morgan fingerprint density at radius 3 is 2.89 bits per heavy atom. The van der Waals surface area contributed by atoms with Crippen LogP contribution in [0.25, 0.3) is 0 Å². The molecule has 92 valence electrons. The van der Waals surface area contributed by atoms with E-state index >= 15 is 0 Å². The fourth-order valence-electron chi connectivity index (χ4n) is 1.40. The number of carboxylic acids is 1. The average molecular weight is 261 g/mol. The lowest BCUT2D eigenvalue weighted by Crippen LogP contribution is -1.99. The van der Waals surface area contributed by atoms with Gasteiger partial charge in [0.1, 0.15) is 17.2 Å². The van der Waals surface area contributed by atoms with Crippen molar-refractivity contribution in [3.8, 4) is 0 Å². The lowest BCUT2D eigenvalue weighted by atomic mass is 10.2. The van der Waals surface area contributed by atoms with Crippen LogP contribution in [-0.4, -0.2) is 27.3 Å². The number of nitrogens with zero attached hydrogens (tertiary/aromatic N) is 2. The molecule has 1 aromatic heterocycles. The van der Waals surface area contributed by atoms with E-state index in [1.807, 2.05) is 6.26 Å². The molecule has 0 radical (unpaired) electrons. The summed E-state index contributed by atoms with van der Waals surface area (Å²) in [5.74, 6) is -0.317. The highest BCUT2D eigenvalue weighted by Gasteiger charge is 2.04. The number of nitrogens with one attached hydrogen (secondary N) is 1. The van der Waals surface area contributed by atoms with E-state index in [1.54, 1.807) is 30.3 Å². The van der Waals surface area contributed by atoms with Crippen LogP contribution in [-0.2, 0) is 0 Å². The van der Waals surface area contributed by atoms with Crippen molar-refractivity contribution >= 4 is 29.2 Å². The van der Waals surface area contributed by atoms with Crippen molar-refractivity contribution < 1.29 is 9.90 Å². The molecule has 0 spiro atoms. The largest absolute Gasteiger partial charge is 0.478 e. The topological polar surface area (TPSA) is 75.1 Å². The zero-order valence-electron chi connectivity index (χ0n) is 9.62. The Morgan fingerprint density at radius 1 is 1.33 bits per heavy atom. The standard InChI is InChI=1S/C12H11N3O2S/c1-18-11-6-10(13-7-14-11)15-9-4-2-3-8(5-9)12(16)17/h2-7H,1H3,(H,16,17)(H,13,14,15). The van der Waals surface area contributed by atoms with Gasteiger partial charge in [0, 0.05) is 11.8 Å². The highest BCUT2D eigenvalue weighted by atomic mass is 32.2. The first-order valence-corrected chi connectivity index (χ1v) is 6.38. The van der Waals surface area contributed by atoms with Gasteiger partial charge in [0.05, 0.1) is 5.56 Å². The first kappa shape index (κ1) is 12.4. The number of benzene rings is 1. The molecule has 0 saturated carbocycles. The third-order valence-corrected chi connectivity index (χ3v) is 2.87. The van der Waals surface area contributed by atoms with Gasteiger partial charge in [-0.2, -0.15) is 0 Å². The summed E-state index contributed by atoms with van der Waals surface area (Å²) < 4.78 is 0. The summed E-state index contributed by atoms with van der Waals surface area (Å²) in [6.45, 7) is 0. The van der Waals surface area contributed by atoms with Crippen LogP contribution >= 0.6 is 11.8 Å². The molecule has 0 aliphatic carbocycles. The number of aromatic nitrogens is 2. The second-order valence-electron chi connectivity index (χ2n) is 3.46. The van der Waals surface area contributed by atoms with Gasteiger partial charge < -0.3 is 10.4 Å². The molecule has 1 aromatic carbocycles. The van der Waals surface area contributed by atoms with E-state index in [0.717, 1.165) is 5.03 Å². The molecular weight excluding hydrogens is 250 g/mol. The second kappa shape index (κ2) is 5.50. The maximum Gasteiger partial charge on any atom is 0.335 e. The van der Waals surface area contributed by atoms with Crippen LogP contribution in [0.15, 0.2) is 41.7 Å². The fourth-order valence-corrected chi connectivity index (χ4v) is 1.78. The summed E-state index contributed by atoms with van der Waals surface area (Å²) in [5.41, 5.74) is 0.916. The van der Waals surface area contributed by atoms with Crippen molar-refractivity contribution in [2.45, 2.75) is 5.03 Å². The minimum Gasteiger partial charge on any atom is -0.478 e. The number of hydrogen-bond donors (Lipinski definition) is 2. The molecule has 0 atom stereocenters. The van der Waals surface area contributed by atoms with E-state index in [4.69, 9.17) is 5.11 Å². The van der Waals surface area contributed by atoms with Gasteiger partial charge in [0.25, 0.3) is 0 Å². The normalized spacial score (nSPS) is 10.1. The number of hydrogen-bond acceptors (Lipinski definition) is 5. The van der Waals surface area contributed by atoms with E-state index in [9.17, 15) is 4.79 Å².